The zero-order valence-corrected chi connectivity index (χ0v) is 19.9. The van der Waals surface area contributed by atoms with E-state index < -0.39 is 11.6 Å². The van der Waals surface area contributed by atoms with Gasteiger partial charge in [-0.1, -0.05) is 42.8 Å². The number of carboxylic acid groups (broad SMARTS) is 1. The van der Waals surface area contributed by atoms with Crippen LogP contribution in [0.5, 0.6) is 0 Å². The minimum Gasteiger partial charge on any atom is -0.483 e. The number of rotatable bonds is 2. The molecular formula is C25H39F2N3O3. The fourth-order valence-corrected chi connectivity index (χ4v) is 2.69. The van der Waals surface area contributed by atoms with E-state index in [4.69, 9.17) is 15.0 Å². The van der Waals surface area contributed by atoms with Crippen LogP contribution in [0.15, 0.2) is 42.5 Å². The Balaban J connectivity index is 0.000000467. The van der Waals surface area contributed by atoms with Crippen molar-refractivity contribution in [1.29, 1.82) is 0 Å². The lowest BCUT2D eigenvalue weighted by Crippen LogP contribution is -2.11. The first-order chi connectivity index (χ1) is 15.9. The number of carbonyl (C=O) groups is 1. The second kappa shape index (κ2) is 20.2. The van der Waals surface area contributed by atoms with Gasteiger partial charge in [-0.25, -0.2) is 8.78 Å². The quantitative estimate of drug-likeness (QED) is 0.434. The molecule has 1 unspecified atom stereocenters. The lowest BCUT2D eigenvalue weighted by molar-refractivity contribution is -0.122. The normalized spacial score (nSPS) is 15.9. The Hall–Kier alpha value is -2.39. The molecule has 33 heavy (non-hydrogen) atoms. The molecule has 8 heteroatoms. The number of nitrogens with one attached hydrogen (secondary N) is 3. The highest BCUT2D eigenvalue weighted by molar-refractivity contribution is 5.63. The number of β-amino-alcohol motifs (C(OH)–C–C–N with tert-alkyl or cyclic N) is 1. The monoisotopic (exact) mass is 467 g/mol. The fourth-order valence-electron chi connectivity index (χ4n) is 2.69. The van der Waals surface area contributed by atoms with Crippen molar-refractivity contribution in [2.75, 3.05) is 39.8 Å². The summed E-state index contributed by atoms with van der Waals surface area (Å²) in [5, 5.41) is 24.7. The van der Waals surface area contributed by atoms with Crippen LogP contribution in [0.4, 0.5) is 8.78 Å². The lowest BCUT2D eigenvalue weighted by atomic mass is 10.0. The molecule has 186 valence electrons. The van der Waals surface area contributed by atoms with Crippen molar-refractivity contribution in [2.24, 2.45) is 0 Å². The average molecular weight is 468 g/mol. The minimum atomic E-state index is -0.814. The van der Waals surface area contributed by atoms with Gasteiger partial charge in [-0.2, -0.15) is 0 Å². The van der Waals surface area contributed by atoms with Crippen LogP contribution >= 0.6 is 0 Å². The summed E-state index contributed by atoms with van der Waals surface area (Å²) in [6.45, 7) is 9.15. The van der Waals surface area contributed by atoms with Crippen LogP contribution in [0.2, 0.25) is 0 Å². The highest BCUT2D eigenvalue weighted by Crippen LogP contribution is 2.21. The summed E-state index contributed by atoms with van der Waals surface area (Å²) in [6, 6.07) is 11.6. The highest BCUT2D eigenvalue weighted by Gasteiger charge is 2.08. The number of hydrogen-bond donors (Lipinski definition) is 5. The molecule has 2 heterocycles. The number of aryl methyl sites for hydroxylation is 1. The maximum atomic E-state index is 13.0. The Bertz CT molecular complexity index is 727. The molecule has 0 saturated carbocycles. The Morgan fingerprint density at radius 1 is 1.00 bits per heavy atom. The van der Waals surface area contributed by atoms with Crippen LogP contribution < -0.4 is 16.0 Å². The molecular weight excluding hydrogens is 428 g/mol. The van der Waals surface area contributed by atoms with Gasteiger partial charge in [-0.05, 0) is 82.7 Å². The molecule has 2 aromatic carbocycles. The predicted octanol–water partition coefficient (Wildman–Crippen LogP) is 3.58. The van der Waals surface area contributed by atoms with Gasteiger partial charge in [0.1, 0.15) is 0 Å². The van der Waals surface area contributed by atoms with E-state index in [9.17, 15) is 8.78 Å². The van der Waals surface area contributed by atoms with E-state index in [2.05, 4.69) is 22.9 Å². The van der Waals surface area contributed by atoms with Crippen LogP contribution in [-0.4, -0.2) is 62.6 Å². The fraction of sp³-hybridized carbons (Fsp3) is 0.480. The summed E-state index contributed by atoms with van der Waals surface area (Å²) >= 11 is 0. The van der Waals surface area contributed by atoms with Crippen LogP contribution in [0.1, 0.15) is 31.7 Å². The van der Waals surface area contributed by atoms with Crippen LogP contribution in [0.3, 0.4) is 0 Å². The van der Waals surface area contributed by atoms with Crippen molar-refractivity contribution in [2.45, 2.75) is 39.2 Å². The summed E-state index contributed by atoms with van der Waals surface area (Å²) in [4.78, 5) is 8.36. The summed E-state index contributed by atoms with van der Waals surface area (Å²) < 4.78 is 25.7. The lowest BCUT2D eigenvalue weighted by Gasteiger charge is -2.02. The number of halogens is 2. The Morgan fingerprint density at radius 2 is 1.55 bits per heavy atom. The zero-order chi connectivity index (χ0) is 24.9. The van der Waals surface area contributed by atoms with E-state index in [1.165, 1.54) is 32.0 Å². The number of aliphatic hydroxyl groups excluding tert-OH is 1. The van der Waals surface area contributed by atoms with Crippen LogP contribution in [-0.2, 0) is 4.79 Å². The smallest absolute Gasteiger partial charge is 0.290 e. The first-order valence-corrected chi connectivity index (χ1v) is 11.2. The SMILES string of the molecule is C1CCNC1.CCNC.Cc1ccc(-c2ccc(F)c(F)c2)cc1.O=CO.OC1CCNC1. The second-order valence-electron chi connectivity index (χ2n) is 7.41. The van der Waals surface area contributed by atoms with Crippen molar-refractivity contribution in [3.8, 4) is 11.1 Å². The molecule has 2 aliphatic heterocycles. The average Bonchev–Trinajstić information content (AvgIpc) is 3.55. The van der Waals surface area contributed by atoms with E-state index in [1.54, 1.807) is 6.07 Å². The molecule has 0 aromatic heterocycles. The van der Waals surface area contributed by atoms with Gasteiger partial charge in [0, 0.05) is 6.54 Å². The minimum absolute atomic E-state index is 0.0648. The molecule has 5 N–H and O–H groups in total. The summed E-state index contributed by atoms with van der Waals surface area (Å²) in [5.74, 6) is -1.63. The van der Waals surface area contributed by atoms with Crippen LogP contribution in [0, 0.1) is 18.6 Å². The van der Waals surface area contributed by atoms with Crippen molar-refractivity contribution in [3.05, 3.63) is 59.7 Å². The van der Waals surface area contributed by atoms with E-state index in [0.717, 1.165) is 43.2 Å². The van der Waals surface area contributed by atoms with Gasteiger partial charge in [0.05, 0.1) is 6.10 Å². The third kappa shape index (κ3) is 16.0. The molecule has 0 radical (unpaired) electrons. The maximum Gasteiger partial charge on any atom is 0.290 e. The van der Waals surface area contributed by atoms with Gasteiger partial charge in [-0.15, -0.1) is 0 Å². The van der Waals surface area contributed by atoms with E-state index >= 15 is 0 Å². The van der Waals surface area contributed by atoms with Gasteiger partial charge in [0.2, 0.25) is 0 Å². The molecule has 2 fully saturated rings. The highest BCUT2D eigenvalue weighted by atomic mass is 19.2. The van der Waals surface area contributed by atoms with E-state index in [0.29, 0.717) is 5.56 Å². The van der Waals surface area contributed by atoms with Gasteiger partial charge < -0.3 is 26.2 Å². The van der Waals surface area contributed by atoms with Crippen molar-refractivity contribution in [1.82, 2.24) is 16.0 Å². The Kier molecular flexibility index (Phi) is 18.8. The third-order valence-electron chi connectivity index (χ3n) is 4.65. The van der Waals surface area contributed by atoms with Crippen LogP contribution in [0.25, 0.3) is 11.1 Å². The van der Waals surface area contributed by atoms with E-state index in [-0.39, 0.29) is 12.6 Å². The van der Waals surface area contributed by atoms with Crippen molar-refractivity contribution in [3.63, 3.8) is 0 Å². The van der Waals surface area contributed by atoms with Gasteiger partial charge >= 0.3 is 0 Å². The molecule has 4 rings (SSSR count). The topological polar surface area (TPSA) is 93.6 Å². The zero-order valence-electron chi connectivity index (χ0n) is 19.9. The Morgan fingerprint density at radius 3 is 1.88 bits per heavy atom. The molecule has 0 bridgehead atoms. The molecule has 2 saturated heterocycles. The maximum absolute atomic E-state index is 13.0. The summed E-state index contributed by atoms with van der Waals surface area (Å²) in [7, 11) is 1.93. The number of aliphatic hydroxyl groups is 1. The molecule has 2 aromatic rings. The summed E-state index contributed by atoms with van der Waals surface area (Å²) in [5.41, 5.74) is 2.72. The van der Waals surface area contributed by atoms with Crippen molar-refractivity contribution < 1.29 is 23.8 Å². The number of benzene rings is 2. The number of hydrogen-bond acceptors (Lipinski definition) is 5. The van der Waals surface area contributed by atoms with Gasteiger partial charge in [0.15, 0.2) is 11.6 Å². The van der Waals surface area contributed by atoms with Crippen molar-refractivity contribution >= 4 is 6.47 Å². The Labute approximate surface area is 196 Å². The second-order valence-corrected chi connectivity index (χ2v) is 7.41. The standard InChI is InChI=1S/C13H10F2.C4H9NO.C4H9N.C3H9N.CH2O2/c1-9-2-4-10(5-3-9)11-6-7-12(14)13(15)8-11;6-4-1-2-5-3-4;1-2-4-5-3-1;1-3-4-2;2-1-3/h2-8H,1H3;4-6H,1-3H2;5H,1-4H2;4H,3H2,1-2H3;1H,(H,2,3). The predicted molar refractivity (Wildman–Crippen MR) is 130 cm³/mol. The molecule has 1 atom stereocenters. The van der Waals surface area contributed by atoms with Gasteiger partial charge in [0.25, 0.3) is 6.47 Å². The summed E-state index contributed by atoms with van der Waals surface area (Å²) in [6.07, 6.45) is 3.64. The molecule has 6 nitrogen and oxygen atoms in total. The molecule has 0 amide bonds. The first kappa shape index (κ1) is 30.6. The molecule has 0 aliphatic carbocycles. The van der Waals surface area contributed by atoms with E-state index in [1.807, 2.05) is 38.2 Å². The van der Waals surface area contributed by atoms with Gasteiger partial charge in [-0.3, -0.25) is 4.79 Å². The largest absolute Gasteiger partial charge is 0.483 e. The third-order valence-corrected chi connectivity index (χ3v) is 4.65. The molecule has 0 spiro atoms. The molecule has 2 aliphatic rings. The first-order valence-electron chi connectivity index (χ1n) is 11.2.